The van der Waals surface area contributed by atoms with Gasteiger partial charge < -0.3 is 10.1 Å². The summed E-state index contributed by atoms with van der Waals surface area (Å²) in [6, 6.07) is 21.1. The van der Waals surface area contributed by atoms with Gasteiger partial charge in [0.2, 0.25) is 0 Å². The lowest BCUT2D eigenvalue weighted by Crippen LogP contribution is -2.23. The molecule has 3 heterocycles. The minimum Gasteiger partial charge on any atom is -0.453 e. The molecule has 1 N–H and O–H groups in total. The molecule has 0 saturated carbocycles. The third-order valence-electron chi connectivity index (χ3n) is 5.23. The average Bonchev–Trinajstić information content (AvgIpc) is 3.36. The number of nitrogens with one attached hydrogen (secondary N) is 1. The molecule has 7 nitrogen and oxygen atoms in total. The maximum atomic E-state index is 14.6. The minimum absolute atomic E-state index is 0.0797. The number of aromatic nitrogens is 4. The molecule has 0 unspecified atom stereocenters. The molecule has 5 rings (SSSR count). The van der Waals surface area contributed by atoms with Crippen molar-refractivity contribution < 1.29 is 13.9 Å². The number of ether oxygens (including phenoxy) is 1. The van der Waals surface area contributed by atoms with Crippen molar-refractivity contribution in [1.29, 1.82) is 0 Å². The van der Waals surface area contributed by atoms with E-state index in [4.69, 9.17) is 4.74 Å². The highest BCUT2D eigenvalue weighted by Gasteiger charge is 2.19. The number of hydrogen-bond acceptors (Lipinski definition) is 5. The molecule has 0 saturated heterocycles. The molecule has 0 spiro atoms. The fourth-order valence-corrected chi connectivity index (χ4v) is 3.52. The standard InChI is InChI=1S/C27H20FN5O2/c28-24-14-19(10-11-25(24)35-22-9-5-13-30-17-22)15-31-27(34)23-18-33(21-7-2-1-3-8-21)32-26(23)20-6-4-12-29-16-20/h1-14,16-18H,15H2,(H,31,34). The van der Waals surface area contributed by atoms with Crippen LogP contribution >= 0.6 is 0 Å². The van der Waals surface area contributed by atoms with Crippen molar-refractivity contribution in [3.8, 4) is 28.4 Å². The number of amides is 1. The van der Waals surface area contributed by atoms with Crippen LogP contribution in [0.15, 0.2) is 104 Å². The van der Waals surface area contributed by atoms with Crippen LogP contribution in [0.3, 0.4) is 0 Å². The van der Waals surface area contributed by atoms with E-state index in [9.17, 15) is 9.18 Å². The number of para-hydroxylation sites is 1. The molecule has 2 aromatic carbocycles. The Morgan fingerprint density at radius 3 is 2.46 bits per heavy atom. The Bertz CT molecular complexity index is 1440. The van der Waals surface area contributed by atoms with Gasteiger partial charge in [0.25, 0.3) is 5.91 Å². The Labute approximate surface area is 200 Å². The predicted molar refractivity (Wildman–Crippen MR) is 129 cm³/mol. The summed E-state index contributed by atoms with van der Waals surface area (Å²) in [6.45, 7) is 0.131. The minimum atomic E-state index is -0.534. The van der Waals surface area contributed by atoms with Gasteiger partial charge in [-0.3, -0.25) is 14.8 Å². The molecule has 35 heavy (non-hydrogen) atoms. The van der Waals surface area contributed by atoms with Crippen molar-refractivity contribution in [3.63, 3.8) is 0 Å². The molecule has 3 aromatic heterocycles. The van der Waals surface area contributed by atoms with Gasteiger partial charge in [-0.05, 0) is 54.1 Å². The van der Waals surface area contributed by atoms with Crippen LogP contribution in [0.5, 0.6) is 11.5 Å². The zero-order valence-electron chi connectivity index (χ0n) is 18.5. The number of benzene rings is 2. The summed E-state index contributed by atoms with van der Waals surface area (Å²) in [5.74, 6) is -0.349. The van der Waals surface area contributed by atoms with Crippen LogP contribution in [-0.2, 0) is 6.54 Å². The molecule has 0 atom stereocenters. The van der Waals surface area contributed by atoms with Gasteiger partial charge in [-0.25, -0.2) is 9.07 Å². The summed E-state index contributed by atoms with van der Waals surface area (Å²) in [5.41, 5.74) is 3.02. The van der Waals surface area contributed by atoms with E-state index in [1.54, 1.807) is 53.7 Å². The molecule has 5 aromatic rings. The van der Waals surface area contributed by atoms with Gasteiger partial charge in [0.05, 0.1) is 17.4 Å². The predicted octanol–water partition coefficient (Wildman–Crippen LogP) is 5.19. The Balaban J connectivity index is 1.35. The van der Waals surface area contributed by atoms with E-state index < -0.39 is 5.82 Å². The van der Waals surface area contributed by atoms with Crippen molar-refractivity contribution in [2.75, 3.05) is 0 Å². The SMILES string of the molecule is O=C(NCc1ccc(Oc2cccnc2)c(F)c1)c1cn(-c2ccccc2)nc1-c1cccnc1. The van der Waals surface area contributed by atoms with Crippen LogP contribution in [0.2, 0.25) is 0 Å². The lowest BCUT2D eigenvalue weighted by atomic mass is 10.1. The second-order valence-corrected chi connectivity index (χ2v) is 7.65. The van der Waals surface area contributed by atoms with Crippen LogP contribution < -0.4 is 10.1 Å². The van der Waals surface area contributed by atoms with Crippen molar-refractivity contribution >= 4 is 5.91 Å². The number of halogens is 1. The van der Waals surface area contributed by atoms with Gasteiger partial charge in [-0.15, -0.1) is 0 Å². The van der Waals surface area contributed by atoms with Gasteiger partial charge in [-0.1, -0.05) is 24.3 Å². The van der Waals surface area contributed by atoms with Crippen LogP contribution in [0.25, 0.3) is 16.9 Å². The molecule has 0 aliphatic carbocycles. The van der Waals surface area contributed by atoms with Gasteiger partial charge in [0, 0.05) is 36.9 Å². The Morgan fingerprint density at radius 1 is 0.943 bits per heavy atom. The van der Waals surface area contributed by atoms with E-state index in [0.717, 1.165) is 11.3 Å². The fourth-order valence-electron chi connectivity index (χ4n) is 3.52. The Morgan fingerprint density at radius 2 is 1.74 bits per heavy atom. The number of carbonyl (C=O) groups excluding carboxylic acids is 1. The molecule has 0 bridgehead atoms. The number of nitrogens with zero attached hydrogens (tertiary/aromatic N) is 4. The fraction of sp³-hybridized carbons (Fsp3) is 0.0370. The summed E-state index contributed by atoms with van der Waals surface area (Å²) in [6.07, 6.45) is 8.11. The maximum absolute atomic E-state index is 14.6. The number of carbonyl (C=O) groups is 1. The van der Waals surface area contributed by atoms with Crippen LogP contribution in [0.1, 0.15) is 15.9 Å². The lowest BCUT2D eigenvalue weighted by molar-refractivity contribution is 0.0951. The summed E-state index contributed by atoms with van der Waals surface area (Å²) < 4.78 is 21.8. The monoisotopic (exact) mass is 465 g/mol. The van der Waals surface area contributed by atoms with E-state index in [1.807, 2.05) is 36.4 Å². The first-order valence-electron chi connectivity index (χ1n) is 10.9. The van der Waals surface area contributed by atoms with Crippen LogP contribution in [0.4, 0.5) is 4.39 Å². The first-order chi connectivity index (χ1) is 17.2. The smallest absolute Gasteiger partial charge is 0.255 e. The second kappa shape index (κ2) is 9.96. The first kappa shape index (κ1) is 22.0. The number of rotatable bonds is 7. The zero-order chi connectivity index (χ0) is 24.0. The number of hydrogen-bond donors (Lipinski definition) is 1. The molecule has 0 aliphatic rings. The zero-order valence-corrected chi connectivity index (χ0v) is 18.5. The summed E-state index contributed by atoms with van der Waals surface area (Å²) in [4.78, 5) is 21.2. The van der Waals surface area contributed by atoms with Gasteiger partial charge in [-0.2, -0.15) is 5.10 Å². The summed E-state index contributed by atoms with van der Waals surface area (Å²) in [5, 5.41) is 7.48. The highest BCUT2D eigenvalue weighted by Crippen LogP contribution is 2.25. The van der Waals surface area contributed by atoms with Crippen molar-refractivity contribution in [2.45, 2.75) is 6.54 Å². The van der Waals surface area contributed by atoms with Crippen molar-refractivity contribution in [3.05, 3.63) is 121 Å². The van der Waals surface area contributed by atoms with Gasteiger partial charge >= 0.3 is 0 Å². The van der Waals surface area contributed by atoms with Crippen LogP contribution in [-0.4, -0.2) is 25.7 Å². The van der Waals surface area contributed by atoms with E-state index in [1.165, 1.54) is 18.3 Å². The molecular weight excluding hydrogens is 445 g/mol. The average molecular weight is 465 g/mol. The van der Waals surface area contributed by atoms with Gasteiger partial charge in [0.1, 0.15) is 11.4 Å². The molecule has 1 amide bonds. The molecule has 0 fully saturated rings. The van der Waals surface area contributed by atoms with Crippen molar-refractivity contribution in [2.24, 2.45) is 0 Å². The summed E-state index contributed by atoms with van der Waals surface area (Å²) >= 11 is 0. The topological polar surface area (TPSA) is 81.9 Å². The van der Waals surface area contributed by atoms with Gasteiger partial charge in [0.15, 0.2) is 11.6 Å². The molecular formula is C27H20FN5O2. The molecule has 8 heteroatoms. The molecule has 0 radical (unpaired) electrons. The van der Waals surface area contributed by atoms with Crippen LogP contribution in [0, 0.1) is 5.82 Å². The molecule has 0 aliphatic heterocycles. The Hall–Kier alpha value is -4.85. The molecule has 172 valence electrons. The van der Waals surface area contributed by atoms with Crippen molar-refractivity contribution in [1.82, 2.24) is 25.1 Å². The quantitative estimate of drug-likeness (QED) is 0.358. The van der Waals surface area contributed by atoms with E-state index in [0.29, 0.717) is 22.6 Å². The van der Waals surface area contributed by atoms with E-state index >= 15 is 0 Å². The highest BCUT2D eigenvalue weighted by atomic mass is 19.1. The number of pyridine rings is 2. The highest BCUT2D eigenvalue weighted by molar-refractivity contribution is 5.99. The maximum Gasteiger partial charge on any atom is 0.255 e. The Kier molecular flexibility index (Phi) is 6.25. The first-order valence-corrected chi connectivity index (χ1v) is 10.9. The third-order valence-corrected chi connectivity index (χ3v) is 5.23. The second-order valence-electron chi connectivity index (χ2n) is 7.65. The largest absolute Gasteiger partial charge is 0.453 e. The normalized spacial score (nSPS) is 10.7. The summed E-state index contributed by atoms with van der Waals surface area (Å²) in [7, 11) is 0. The lowest BCUT2D eigenvalue weighted by Gasteiger charge is -2.09. The van der Waals surface area contributed by atoms with E-state index in [-0.39, 0.29) is 18.2 Å². The third kappa shape index (κ3) is 5.06. The van der Waals surface area contributed by atoms with E-state index in [2.05, 4.69) is 20.4 Å².